The third-order valence-corrected chi connectivity index (χ3v) is 4.11. The highest BCUT2D eigenvalue weighted by Gasteiger charge is 2.10. The second kappa shape index (κ2) is 9.14. The van der Waals surface area contributed by atoms with E-state index in [4.69, 9.17) is 21.1 Å². The van der Waals surface area contributed by atoms with E-state index in [2.05, 4.69) is 24.4 Å². The molecule has 1 atom stereocenters. The van der Waals surface area contributed by atoms with Crippen LogP contribution >= 0.6 is 11.6 Å². The molecule has 1 N–H and O–H groups in total. The van der Waals surface area contributed by atoms with Crippen molar-refractivity contribution in [3.05, 3.63) is 64.7 Å². The van der Waals surface area contributed by atoms with Crippen LogP contribution in [0.25, 0.3) is 6.08 Å². The Hall–Kier alpha value is -2.46. The number of nitrogens with one attached hydrogen (secondary N) is 1. The van der Waals surface area contributed by atoms with Crippen molar-refractivity contribution in [1.82, 2.24) is 5.32 Å². The van der Waals surface area contributed by atoms with E-state index in [9.17, 15) is 4.79 Å². The quantitative estimate of drug-likeness (QED) is 0.750. The highest BCUT2D eigenvalue weighted by atomic mass is 35.5. The van der Waals surface area contributed by atoms with Gasteiger partial charge in [-0.3, -0.25) is 4.79 Å². The van der Waals surface area contributed by atoms with Gasteiger partial charge in [0.25, 0.3) is 0 Å². The van der Waals surface area contributed by atoms with Gasteiger partial charge >= 0.3 is 0 Å². The van der Waals surface area contributed by atoms with E-state index < -0.39 is 0 Å². The molecule has 0 saturated carbocycles. The van der Waals surface area contributed by atoms with Crippen molar-refractivity contribution in [3.8, 4) is 11.5 Å². The largest absolute Gasteiger partial charge is 0.493 e. The normalized spacial score (nSPS) is 12.0. The molecule has 0 aliphatic rings. The number of benzene rings is 2. The third-order valence-electron chi connectivity index (χ3n) is 3.83. The maximum atomic E-state index is 12.0. The minimum absolute atomic E-state index is 0.159. The summed E-state index contributed by atoms with van der Waals surface area (Å²) in [4.78, 5) is 12.0. The Morgan fingerprint density at radius 3 is 2.56 bits per heavy atom. The fourth-order valence-corrected chi connectivity index (χ4v) is 2.71. The molecule has 5 heteroatoms. The maximum absolute atomic E-state index is 12.0. The Kier molecular flexibility index (Phi) is 6.90. The number of rotatable bonds is 7. The highest BCUT2D eigenvalue weighted by molar-refractivity contribution is 6.32. The number of methoxy groups -OCH3 is 2. The molecule has 25 heavy (non-hydrogen) atoms. The smallest absolute Gasteiger partial charge is 0.244 e. The summed E-state index contributed by atoms with van der Waals surface area (Å²) >= 11 is 6.16. The Morgan fingerprint density at radius 1 is 1.20 bits per heavy atom. The predicted molar refractivity (Wildman–Crippen MR) is 101 cm³/mol. The van der Waals surface area contributed by atoms with Crippen LogP contribution in [0.5, 0.6) is 11.5 Å². The van der Waals surface area contributed by atoms with E-state index >= 15 is 0 Å². The third kappa shape index (κ3) is 5.26. The first kappa shape index (κ1) is 18.9. The first-order valence-corrected chi connectivity index (χ1v) is 8.35. The highest BCUT2D eigenvalue weighted by Crippen LogP contribution is 2.36. The van der Waals surface area contributed by atoms with Gasteiger partial charge in [0.05, 0.1) is 19.2 Å². The number of carbonyl (C=O) groups is 1. The summed E-state index contributed by atoms with van der Waals surface area (Å²) in [5, 5.41) is 3.33. The molecule has 1 unspecified atom stereocenters. The monoisotopic (exact) mass is 359 g/mol. The lowest BCUT2D eigenvalue weighted by Gasteiger charge is -2.12. The number of carbonyl (C=O) groups excluding carboxylic acids is 1. The molecule has 0 fully saturated rings. The topological polar surface area (TPSA) is 47.6 Å². The van der Waals surface area contributed by atoms with Gasteiger partial charge in [0.1, 0.15) is 0 Å². The van der Waals surface area contributed by atoms with Crippen LogP contribution in [0.15, 0.2) is 48.5 Å². The first-order valence-electron chi connectivity index (χ1n) is 7.97. The van der Waals surface area contributed by atoms with E-state index in [0.29, 0.717) is 23.1 Å². The molecule has 0 bridgehead atoms. The molecule has 0 aliphatic heterocycles. The average Bonchev–Trinajstić information content (AvgIpc) is 2.64. The van der Waals surface area contributed by atoms with Gasteiger partial charge in [-0.15, -0.1) is 0 Å². The lowest BCUT2D eigenvalue weighted by Crippen LogP contribution is -2.25. The van der Waals surface area contributed by atoms with E-state index in [1.165, 1.54) is 18.7 Å². The van der Waals surface area contributed by atoms with Crippen LogP contribution in [-0.4, -0.2) is 26.7 Å². The standard InChI is InChI=1S/C20H22ClNO3/c1-14(16-7-5-4-6-8-16)13-22-19(23)10-9-15-11-17(21)20(25-3)18(12-15)24-2/h4-12,14H,13H2,1-3H3,(H,22,23)/b10-9+. The van der Waals surface area contributed by atoms with Crippen LogP contribution in [0.2, 0.25) is 5.02 Å². The molecule has 1 amide bonds. The summed E-state index contributed by atoms with van der Waals surface area (Å²) in [7, 11) is 3.07. The Labute approximate surface area is 153 Å². The van der Waals surface area contributed by atoms with Gasteiger partial charge in [0.15, 0.2) is 11.5 Å². The number of hydrogen-bond acceptors (Lipinski definition) is 3. The lowest BCUT2D eigenvalue weighted by molar-refractivity contribution is -0.116. The van der Waals surface area contributed by atoms with Crippen LogP contribution in [-0.2, 0) is 4.79 Å². The summed E-state index contributed by atoms with van der Waals surface area (Å²) in [6.45, 7) is 2.65. The Morgan fingerprint density at radius 2 is 1.92 bits per heavy atom. The van der Waals surface area contributed by atoms with Gasteiger partial charge in [0, 0.05) is 12.6 Å². The van der Waals surface area contributed by atoms with Crippen LogP contribution in [0.3, 0.4) is 0 Å². The second-order valence-corrected chi connectivity index (χ2v) is 6.04. The molecule has 0 aliphatic carbocycles. The van der Waals surface area contributed by atoms with Crippen LogP contribution in [0, 0.1) is 0 Å². The van der Waals surface area contributed by atoms with Crippen LogP contribution in [0.1, 0.15) is 24.0 Å². The van der Waals surface area contributed by atoms with Crippen molar-refractivity contribution in [1.29, 1.82) is 0 Å². The molecule has 2 aromatic rings. The van der Waals surface area contributed by atoms with Gasteiger partial charge < -0.3 is 14.8 Å². The summed E-state index contributed by atoms with van der Waals surface area (Å²) in [6.07, 6.45) is 3.17. The zero-order chi connectivity index (χ0) is 18.2. The molecule has 2 aromatic carbocycles. The summed E-state index contributed by atoms with van der Waals surface area (Å²) in [5.41, 5.74) is 1.95. The Balaban J connectivity index is 1.97. The first-order chi connectivity index (χ1) is 12.0. The molecule has 4 nitrogen and oxygen atoms in total. The molecule has 132 valence electrons. The molecule has 0 radical (unpaired) electrons. The van der Waals surface area contributed by atoms with Gasteiger partial charge in [-0.05, 0) is 35.3 Å². The molecule has 0 aromatic heterocycles. The number of ether oxygens (including phenoxy) is 2. The number of hydrogen-bond donors (Lipinski definition) is 1. The van der Waals surface area contributed by atoms with Crippen LogP contribution < -0.4 is 14.8 Å². The average molecular weight is 360 g/mol. The fourth-order valence-electron chi connectivity index (χ4n) is 2.42. The molecule has 2 rings (SSSR count). The predicted octanol–water partition coefficient (Wildman–Crippen LogP) is 4.29. The molecule has 0 heterocycles. The van der Waals surface area contributed by atoms with Gasteiger partial charge in [-0.25, -0.2) is 0 Å². The SMILES string of the molecule is COc1cc(/C=C/C(=O)NCC(C)c2ccccc2)cc(Cl)c1OC. The van der Waals surface area contributed by atoms with Crippen molar-refractivity contribution < 1.29 is 14.3 Å². The Bertz CT molecular complexity index is 744. The minimum atomic E-state index is -0.159. The summed E-state index contributed by atoms with van der Waals surface area (Å²) in [6, 6.07) is 13.6. The van der Waals surface area contributed by atoms with Gasteiger partial charge in [-0.2, -0.15) is 0 Å². The number of amides is 1. The summed E-state index contributed by atoms with van der Waals surface area (Å²) < 4.78 is 10.4. The molecular weight excluding hydrogens is 338 g/mol. The van der Waals surface area contributed by atoms with Gasteiger partial charge in [-0.1, -0.05) is 48.9 Å². The van der Waals surface area contributed by atoms with E-state index in [0.717, 1.165) is 5.56 Å². The number of halogens is 1. The van der Waals surface area contributed by atoms with E-state index in [-0.39, 0.29) is 11.8 Å². The van der Waals surface area contributed by atoms with Crippen LogP contribution in [0.4, 0.5) is 0 Å². The zero-order valence-electron chi connectivity index (χ0n) is 14.6. The van der Waals surface area contributed by atoms with Crippen molar-refractivity contribution >= 4 is 23.6 Å². The van der Waals surface area contributed by atoms with Crippen molar-refractivity contribution in [3.63, 3.8) is 0 Å². The second-order valence-electron chi connectivity index (χ2n) is 5.63. The molecular formula is C20H22ClNO3. The lowest BCUT2D eigenvalue weighted by atomic mass is 10.0. The van der Waals surface area contributed by atoms with Crippen molar-refractivity contribution in [2.45, 2.75) is 12.8 Å². The van der Waals surface area contributed by atoms with Gasteiger partial charge in [0.2, 0.25) is 5.91 Å². The summed E-state index contributed by atoms with van der Waals surface area (Å²) in [5.74, 6) is 1.08. The zero-order valence-corrected chi connectivity index (χ0v) is 15.3. The van der Waals surface area contributed by atoms with Crippen molar-refractivity contribution in [2.75, 3.05) is 20.8 Å². The molecule has 0 spiro atoms. The maximum Gasteiger partial charge on any atom is 0.244 e. The molecule has 0 saturated heterocycles. The minimum Gasteiger partial charge on any atom is -0.493 e. The fraction of sp³-hybridized carbons (Fsp3) is 0.250. The van der Waals surface area contributed by atoms with Crippen molar-refractivity contribution in [2.24, 2.45) is 0 Å². The van der Waals surface area contributed by atoms with E-state index in [1.807, 2.05) is 18.2 Å². The van der Waals surface area contributed by atoms with E-state index in [1.54, 1.807) is 25.3 Å².